The van der Waals surface area contributed by atoms with E-state index in [1.165, 1.54) is 25.1 Å². The first-order chi connectivity index (χ1) is 15.4. The molecule has 1 N–H and O–H groups in total. The second kappa shape index (κ2) is 11.1. The van der Waals surface area contributed by atoms with Crippen LogP contribution in [0.3, 0.4) is 0 Å². The van der Waals surface area contributed by atoms with Crippen molar-refractivity contribution in [3.05, 3.63) is 69.6 Å². The number of rotatable bonds is 9. The quantitative estimate of drug-likeness (QED) is 0.384. The van der Waals surface area contributed by atoms with Gasteiger partial charge in [0.25, 0.3) is 0 Å². The second-order valence-electron chi connectivity index (χ2n) is 7.33. The molecule has 5 nitrogen and oxygen atoms in total. The van der Waals surface area contributed by atoms with Crippen molar-refractivity contribution in [1.82, 2.24) is 4.90 Å². The maximum absolute atomic E-state index is 13.5. The van der Waals surface area contributed by atoms with Gasteiger partial charge in [0.1, 0.15) is 11.6 Å². The fraction of sp³-hybridized carbons (Fsp3) is 0.261. The molecule has 0 aromatic heterocycles. The van der Waals surface area contributed by atoms with Crippen LogP contribution in [-0.4, -0.2) is 36.5 Å². The van der Waals surface area contributed by atoms with Gasteiger partial charge in [0.15, 0.2) is 6.29 Å². The number of aldehydes is 1. The van der Waals surface area contributed by atoms with Crippen LogP contribution in [-0.2, 0) is 22.2 Å². The zero-order chi connectivity index (χ0) is 24.8. The largest absolute Gasteiger partial charge is 0.419 e. The standard InChI is InChI=1S/C23H21ClF4N2O3/c1-14(32)7-9-30(2)10-8-17-16(13-31)4-5-19(24)22(17)29-21(33)12-15-3-6-20(25)18(11-15)23(26,27)28/h3-6,8,10-11,13H,7,9,12H2,1-2H3,(H,29,33)/b10-8-. The van der Waals surface area contributed by atoms with Crippen molar-refractivity contribution >= 4 is 41.3 Å². The first-order valence-corrected chi connectivity index (χ1v) is 10.1. The number of hydrogen-bond donors (Lipinski definition) is 1. The maximum Gasteiger partial charge on any atom is 0.419 e. The van der Waals surface area contributed by atoms with Gasteiger partial charge < -0.3 is 10.2 Å². The van der Waals surface area contributed by atoms with Crippen molar-refractivity contribution in [2.24, 2.45) is 0 Å². The van der Waals surface area contributed by atoms with Gasteiger partial charge in [-0.25, -0.2) is 4.39 Å². The fourth-order valence-electron chi connectivity index (χ4n) is 2.90. The van der Waals surface area contributed by atoms with Gasteiger partial charge >= 0.3 is 6.18 Å². The van der Waals surface area contributed by atoms with E-state index >= 15 is 0 Å². The molecule has 0 spiro atoms. The van der Waals surface area contributed by atoms with Crippen molar-refractivity contribution in [3.8, 4) is 0 Å². The summed E-state index contributed by atoms with van der Waals surface area (Å²) in [4.78, 5) is 36.9. The average Bonchev–Trinajstić information content (AvgIpc) is 2.73. The highest BCUT2D eigenvalue weighted by Gasteiger charge is 2.34. The van der Waals surface area contributed by atoms with Gasteiger partial charge in [0, 0.05) is 31.1 Å². The molecular formula is C23H21ClF4N2O3. The highest BCUT2D eigenvalue weighted by Crippen LogP contribution is 2.33. The summed E-state index contributed by atoms with van der Waals surface area (Å²) in [6.07, 6.45) is -1.36. The lowest BCUT2D eigenvalue weighted by molar-refractivity contribution is -0.140. The van der Waals surface area contributed by atoms with Gasteiger partial charge in [0.2, 0.25) is 5.91 Å². The molecule has 0 saturated carbocycles. The van der Waals surface area contributed by atoms with E-state index < -0.39 is 29.9 Å². The van der Waals surface area contributed by atoms with Crippen molar-refractivity contribution in [2.75, 3.05) is 18.9 Å². The molecule has 176 valence electrons. The summed E-state index contributed by atoms with van der Waals surface area (Å²) in [6.45, 7) is 1.89. The Morgan fingerprint density at radius 3 is 2.48 bits per heavy atom. The smallest absolute Gasteiger partial charge is 0.380 e. The number of hydrogen-bond acceptors (Lipinski definition) is 4. The normalized spacial score (nSPS) is 11.5. The maximum atomic E-state index is 13.5. The molecular weight excluding hydrogens is 464 g/mol. The molecule has 2 aromatic carbocycles. The third kappa shape index (κ3) is 7.42. The van der Waals surface area contributed by atoms with Crippen molar-refractivity contribution in [1.29, 1.82) is 0 Å². The Hall–Kier alpha value is -3.20. The molecule has 0 radical (unpaired) electrons. The van der Waals surface area contributed by atoms with E-state index in [0.29, 0.717) is 31.4 Å². The first kappa shape index (κ1) is 26.1. The molecule has 0 aliphatic heterocycles. The fourth-order valence-corrected chi connectivity index (χ4v) is 3.11. The molecule has 0 aliphatic rings. The van der Waals surface area contributed by atoms with Crippen LogP contribution in [0.5, 0.6) is 0 Å². The van der Waals surface area contributed by atoms with Gasteiger partial charge in [0.05, 0.1) is 22.7 Å². The summed E-state index contributed by atoms with van der Waals surface area (Å²) in [5.41, 5.74) is -0.917. The first-order valence-electron chi connectivity index (χ1n) is 9.73. The third-order valence-corrected chi connectivity index (χ3v) is 4.95. The lowest BCUT2D eigenvalue weighted by Gasteiger charge is -2.16. The molecule has 10 heteroatoms. The molecule has 2 aromatic rings. The monoisotopic (exact) mass is 484 g/mol. The molecule has 1 amide bonds. The van der Waals surface area contributed by atoms with Crippen molar-refractivity contribution < 1.29 is 31.9 Å². The Morgan fingerprint density at radius 1 is 1.18 bits per heavy atom. The lowest BCUT2D eigenvalue weighted by atomic mass is 10.0. The molecule has 0 fully saturated rings. The topological polar surface area (TPSA) is 66.5 Å². The van der Waals surface area contributed by atoms with Crippen LogP contribution in [0.15, 0.2) is 36.5 Å². The van der Waals surface area contributed by atoms with Crippen molar-refractivity contribution in [2.45, 2.75) is 25.9 Å². The number of carbonyl (C=O) groups excluding carboxylic acids is 3. The van der Waals surface area contributed by atoms with Crippen LogP contribution in [0.2, 0.25) is 5.02 Å². The minimum atomic E-state index is -4.90. The highest BCUT2D eigenvalue weighted by atomic mass is 35.5. The van der Waals surface area contributed by atoms with Crippen LogP contribution < -0.4 is 5.32 Å². The van der Waals surface area contributed by atoms with Gasteiger partial charge in [-0.1, -0.05) is 17.7 Å². The predicted molar refractivity (Wildman–Crippen MR) is 118 cm³/mol. The molecule has 2 rings (SSSR count). The number of carbonyl (C=O) groups is 3. The van der Waals surface area contributed by atoms with Gasteiger partial charge in [-0.2, -0.15) is 13.2 Å². The third-order valence-electron chi connectivity index (χ3n) is 4.63. The summed E-state index contributed by atoms with van der Waals surface area (Å²) in [7, 11) is 1.72. The predicted octanol–water partition coefficient (Wildman–Crippen LogP) is 5.37. The minimum absolute atomic E-state index is 0.00834. The molecule has 0 saturated heterocycles. The number of benzene rings is 2. The number of nitrogens with zero attached hydrogens (tertiary/aromatic N) is 1. The van der Waals surface area contributed by atoms with Gasteiger partial charge in [-0.3, -0.25) is 14.4 Å². The van der Waals surface area contributed by atoms with Crippen LogP contribution >= 0.6 is 11.6 Å². The average molecular weight is 485 g/mol. The molecule has 33 heavy (non-hydrogen) atoms. The summed E-state index contributed by atoms with van der Waals surface area (Å²) >= 11 is 6.21. The Kier molecular flexibility index (Phi) is 8.76. The number of anilines is 1. The summed E-state index contributed by atoms with van der Waals surface area (Å²) in [6, 6.07) is 5.16. The van der Waals surface area contributed by atoms with Crippen LogP contribution in [0, 0.1) is 5.82 Å². The van der Waals surface area contributed by atoms with E-state index in [1.807, 2.05) is 0 Å². The van der Waals surface area contributed by atoms with E-state index in [2.05, 4.69) is 5.32 Å². The number of nitrogens with one attached hydrogen (secondary N) is 1. The zero-order valence-electron chi connectivity index (χ0n) is 17.8. The number of Topliss-reactive ketones (excluding diaryl/α,β-unsaturated/α-hetero) is 1. The minimum Gasteiger partial charge on any atom is -0.380 e. The second-order valence-corrected chi connectivity index (χ2v) is 7.74. The Morgan fingerprint density at radius 2 is 1.88 bits per heavy atom. The SMILES string of the molecule is CC(=O)CCN(C)/C=C\c1c(C=O)ccc(Cl)c1NC(=O)Cc1ccc(F)c(C(F)(F)F)c1. The number of ketones is 1. The molecule has 0 aliphatic carbocycles. The summed E-state index contributed by atoms with van der Waals surface area (Å²) < 4.78 is 52.3. The van der Waals surface area contributed by atoms with E-state index in [1.54, 1.807) is 18.1 Å². The van der Waals surface area contributed by atoms with Crippen LogP contribution in [0.1, 0.15) is 40.4 Å². The molecule has 0 unspecified atom stereocenters. The van der Waals surface area contributed by atoms with Crippen LogP contribution in [0.4, 0.5) is 23.2 Å². The summed E-state index contributed by atoms with van der Waals surface area (Å²) in [5, 5.41) is 2.63. The van der Waals surface area contributed by atoms with E-state index in [0.717, 1.165) is 6.07 Å². The molecule has 0 atom stereocenters. The zero-order valence-corrected chi connectivity index (χ0v) is 18.6. The van der Waals surface area contributed by atoms with E-state index in [9.17, 15) is 31.9 Å². The lowest BCUT2D eigenvalue weighted by Crippen LogP contribution is -2.17. The number of halogens is 5. The number of alkyl halides is 3. The number of amides is 1. The van der Waals surface area contributed by atoms with Gasteiger partial charge in [-0.05, 0) is 49.0 Å². The Bertz CT molecular complexity index is 1080. The van der Waals surface area contributed by atoms with Crippen LogP contribution in [0.25, 0.3) is 6.08 Å². The Labute approximate surface area is 193 Å². The van der Waals surface area contributed by atoms with E-state index in [4.69, 9.17) is 11.6 Å². The molecule has 0 heterocycles. The Balaban J connectivity index is 2.29. The van der Waals surface area contributed by atoms with Crippen molar-refractivity contribution in [3.63, 3.8) is 0 Å². The van der Waals surface area contributed by atoms with Gasteiger partial charge in [-0.15, -0.1) is 0 Å². The van der Waals surface area contributed by atoms with E-state index in [-0.39, 0.29) is 33.2 Å². The summed E-state index contributed by atoms with van der Waals surface area (Å²) in [5.74, 6) is -2.14. The highest BCUT2D eigenvalue weighted by molar-refractivity contribution is 6.34. The molecule has 0 bridgehead atoms.